The molecule has 4 rings (SSSR count). The molecule has 0 bridgehead atoms. The molecule has 1 saturated heterocycles. The first-order valence-corrected chi connectivity index (χ1v) is 11.2. The highest BCUT2D eigenvalue weighted by molar-refractivity contribution is 7.17. The van der Waals surface area contributed by atoms with Gasteiger partial charge in [0.2, 0.25) is 5.13 Å². The molecule has 11 heteroatoms. The number of halogens is 1. The molecule has 3 aromatic rings. The van der Waals surface area contributed by atoms with Crippen molar-refractivity contribution in [3.63, 3.8) is 0 Å². The first-order valence-electron chi connectivity index (χ1n) is 9.99. The monoisotopic (exact) mass is 475 g/mol. The van der Waals surface area contributed by atoms with Crippen LogP contribution < -0.4 is 14.8 Å². The van der Waals surface area contributed by atoms with Crippen LogP contribution in [0.5, 0.6) is 10.9 Å². The van der Waals surface area contributed by atoms with Gasteiger partial charge in [-0.1, -0.05) is 16.7 Å². The summed E-state index contributed by atoms with van der Waals surface area (Å²) < 4.78 is 16.8. The van der Waals surface area contributed by atoms with E-state index >= 15 is 0 Å². The quantitative estimate of drug-likeness (QED) is 0.510. The number of nitrogens with zero attached hydrogens (tertiary/aromatic N) is 4. The lowest BCUT2D eigenvalue weighted by atomic mass is 9.99. The number of carbonyl (C=O) groups is 1. The van der Waals surface area contributed by atoms with E-state index in [2.05, 4.69) is 25.5 Å². The second-order valence-corrected chi connectivity index (χ2v) is 8.74. The Hall–Kier alpha value is -2.82. The van der Waals surface area contributed by atoms with Crippen LogP contribution >= 0.6 is 22.9 Å². The van der Waals surface area contributed by atoms with Gasteiger partial charge in [0.25, 0.3) is 11.1 Å². The summed E-state index contributed by atoms with van der Waals surface area (Å²) >= 11 is 7.23. The summed E-state index contributed by atoms with van der Waals surface area (Å²) in [5, 5.41) is 11.8. The second kappa shape index (κ2) is 9.76. The van der Waals surface area contributed by atoms with Gasteiger partial charge < -0.3 is 14.2 Å². The summed E-state index contributed by atoms with van der Waals surface area (Å²) in [4.78, 5) is 21.4. The molecule has 0 aliphatic carbocycles. The minimum absolute atomic E-state index is 0.248. The van der Waals surface area contributed by atoms with Gasteiger partial charge in [-0.25, -0.2) is 4.98 Å². The molecular formula is C21H22ClN5O4S. The predicted molar refractivity (Wildman–Crippen MR) is 121 cm³/mol. The lowest BCUT2D eigenvalue weighted by Gasteiger charge is -2.15. The first-order chi connectivity index (χ1) is 15.4. The topological polar surface area (TPSA) is 108 Å². The molecular weight excluding hydrogens is 454 g/mol. The summed E-state index contributed by atoms with van der Waals surface area (Å²) in [5.41, 5.74) is 2.21. The van der Waals surface area contributed by atoms with Gasteiger partial charge in [-0.05, 0) is 49.3 Å². The molecule has 32 heavy (non-hydrogen) atoms. The number of hydrogen-bond donors (Lipinski definition) is 1. The zero-order chi connectivity index (χ0) is 22.7. The van der Waals surface area contributed by atoms with Gasteiger partial charge in [-0.15, -0.1) is 5.10 Å². The number of pyridine rings is 2. The maximum Gasteiger partial charge on any atom is 0.295 e. The Morgan fingerprint density at radius 2 is 2.22 bits per heavy atom. The van der Waals surface area contributed by atoms with E-state index in [1.165, 1.54) is 13.3 Å². The molecule has 0 aromatic carbocycles. The van der Waals surface area contributed by atoms with Gasteiger partial charge in [0.05, 0.1) is 37.7 Å². The molecule has 1 aliphatic heterocycles. The summed E-state index contributed by atoms with van der Waals surface area (Å²) in [6.07, 6.45) is 4.26. The van der Waals surface area contributed by atoms with Crippen LogP contribution in [0.4, 0.5) is 5.13 Å². The van der Waals surface area contributed by atoms with E-state index in [1.54, 1.807) is 25.3 Å². The molecule has 0 radical (unpaired) electrons. The fourth-order valence-corrected chi connectivity index (χ4v) is 4.32. The van der Waals surface area contributed by atoms with Crippen molar-refractivity contribution in [2.75, 3.05) is 25.6 Å². The Labute approximate surface area is 194 Å². The summed E-state index contributed by atoms with van der Waals surface area (Å²) in [5.74, 6) is 0.404. The summed E-state index contributed by atoms with van der Waals surface area (Å²) in [6.45, 7) is 5.02. The zero-order valence-corrected chi connectivity index (χ0v) is 19.4. The number of methoxy groups -OCH3 is 1. The average Bonchev–Trinajstić information content (AvgIpc) is 3.40. The van der Waals surface area contributed by atoms with Gasteiger partial charge in [0, 0.05) is 23.9 Å². The third kappa shape index (κ3) is 4.98. The second-order valence-electron chi connectivity index (χ2n) is 7.42. The number of anilines is 1. The van der Waals surface area contributed by atoms with Crippen LogP contribution in [0.3, 0.4) is 0 Å². The maximum atomic E-state index is 13.1. The number of aromatic nitrogens is 4. The smallest absolute Gasteiger partial charge is 0.295 e. The molecule has 2 atom stereocenters. The van der Waals surface area contributed by atoms with E-state index in [-0.39, 0.29) is 6.10 Å². The molecule has 1 unspecified atom stereocenters. The van der Waals surface area contributed by atoms with E-state index in [4.69, 9.17) is 25.8 Å². The van der Waals surface area contributed by atoms with Gasteiger partial charge in [-0.2, -0.15) is 0 Å². The van der Waals surface area contributed by atoms with Crippen LogP contribution in [-0.2, 0) is 4.74 Å². The van der Waals surface area contributed by atoms with Crippen molar-refractivity contribution in [1.29, 1.82) is 0 Å². The normalized spacial score (nSPS) is 17.9. The van der Waals surface area contributed by atoms with Gasteiger partial charge in [-0.3, -0.25) is 15.1 Å². The predicted octanol–water partition coefficient (Wildman–Crippen LogP) is 4.02. The van der Waals surface area contributed by atoms with E-state index in [0.29, 0.717) is 62.7 Å². The summed E-state index contributed by atoms with van der Waals surface area (Å²) in [7, 11) is 1.53. The number of carbonyl (C=O) groups excluding carboxylic acids is 1. The van der Waals surface area contributed by atoms with Crippen molar-refractivity contribution in [2.45, 2.75) is 26.4 Å². The average molecular weight is 476 g/mol. The van der Waals surface area contributed by atoms with Crippen molar-refractivity contribution < 1.29 is 19.0 Å². The fourth-order valence-electron chi connectivity index (χ4n) is 3.55. The molecule has 1 amide bonds. The SMILES string of the molecule is COc1c(C)ncc(C(=O)Nc2nnc(OC[C@@H]3COC(C)C3)s2)c1-c1ccnc(Cl)c1. The number of nitrogens with one attached hydrogen (secondary N) is 1. The van der Waals surface area contributed by atoms with Crippen molar-refractivity contribution in [1.82, 2.24) is 20.2 Å². The van der Waals surface area contributed by atoms with Crippen molar-refractivity contribution in [3.05, 3.63) is 40.9 Å². The number of amides is 1. The van der Waals surface area contributed by atoms with E-state index < -0.39 is 5.91 Å². The number of ether oxygens (including phenoxy) is 3. The highest BCUT2D eigenvalue weighted by Crippen LogP contribution is 2.36. The van der Waals surface area contributed by atoms with Gasteiger partial charge in [0.1, 0.15) is 10.9 Å². The third-order valence-electron chi connectivity index (χ3n) is 5.03. The Kier molecular flexibility index (Phi) is 6.83. The zero-order valence-electron chi connectivity index (χ0n) is 17.8. The van der Waals surface area contributed by atoms with Crippen LogP contribution in [0.25, 0.3) is 11.1 Å². The molecule has 0 spiro atoms. The Bertz CT molecular complexity index is 1130. The van der Waals surface area contributed by atoms with E-state index in [0.717, 1.165) is 17.8 Å². The van der Waals surface area contributed by atoms with E-state index in [9.17, 15) is 4.79 Å². The van der Waals surface area contributed by atoms with Crippen molar-refractivity contribution in [3.8, 4) is 22.1 Å². The number of aryl methyl sites for hydroxylation is 1. The molecule has 3 aromatic heterocycles. The van der Waals surface area contributed by atoms with Gasteiger partial charge in [0.15, 0.2) is 0 Å². The first kappa shape index (κ1) is 22.4. The molecule has 1 N–H and O–H groups in total. The highest BCUT2D eigenvalue weighted by Gasteiger charge is 2.24. The number of rotatable bonds is 7. The summed E-state index contributed by atoms with van der Waals surface area (Å²) in [6, 6.07) is 3.42. The number of hydrogen-bond acceptors (Lipinski definition) is 9. The van der Waals surface area contributed by atoms with Crippen molar-refractivity contribution >= 4 is 34.0 Å². The fraction of sp³-hybridized carbons (Fsp3) is 0.381. The molecule has 1 aliphatic rings. The van der Waals surface area contributed by atoms with Gasteiger partial charge >= 0.3 is 0 Å². The lowest BCUT2D eigenvalue weighted by molar-refractivity contribution is 0.102. The van der Waals surface area contributed by atoms with Crippen LogP contribution in [0, 0.1) is 12.8 Å². The van der Waals surface area contributed by atoms with Crippen LogP contribution in [-0.4, -0.2) is 52.5 Å². The molecule has 168 valence electrons. The van der Waals surface area contributed by atoms with Crippen LogP contribution in [0.1, 0.15) is 29.4 Å². The largest absolute Gasteiger partial charge is 0.494 e. The van der Waals surface area contributed by atoms with Crippen LogP contribution in [0.15, 0.2) is 24.5 Å². The van der Waals surface area contributed by atoms with Crippen LogP contribution in [0.2, 0.25) is 5.15 Å². The van der Waals surface area contributed by atoms with E-state index in [1.807, 2.05) is 6.92 Å². The minimum Gasteiger partial charge on any atom is -0.494 e. The minimum atomic E-state index is -0.403. The highest BCUT2D eigenvalue weighted by atomic mass is 35.5. The molecule has 9 nitrogen and oxygen atoms in total. The Morgan fingerprint density at radius 3 is 2.94 bits per heavy atom. The Morgan fingerprint density at radius 1 is 1.38 bits per heavy atom. The lowest BCUT2D eigenvalue weighted by Crippen LogP contribution is -2.14. The Balaban J connectivity index is 1.53. The maximum absolute atomic E-state index is 13.1. The van der Waals surface area contributed by atoms with Crippen molar-refractivity contribution in [2.24, 2.45) is 5.92 Å². The molecule has 0 saturated carbocycles. The third-order valence-corrected chi connectivity index (χ3v) is 5.99. The standard InChI is InChI=1S/C21H22ClN5O4S/c1-11-6-13(9-30-11)10-31-21-27-26-20(32-21)25-19(28)15-8-24-12(2)18(29-3)17(15)14-4-5-23-16(22)7-14/h4-5,7-8,11,13H,6,9-10H2,1-3H3,(H,25,26,28)/t11?,13-/m0/s1. The molecule has 4 heterocycles. The molecule has 1 fully saturated rings.